The number of benzene rings is 1. The van der Waals surface area contributed by atoms with E-state index in [1.807, 2.05) is 6.92 Å². The Hall–Kier alpha value is -4.05. The van der Waals surface area contributed by atoms with Gasteiger partial charge in [0, 0.05) is 18.0 Å². The molecule has 0 aliphatic heterocycles. The summed E-state index contributed by atoms with van der Waals surface area (Å²) in [5.74, 6) is -8.96. The number of aliphatic hydroxyl groups excluding tert-OH is 3. The highest BCUT2D eigenvalue weighted by Crippen LogP contribution is 2.56. The third-order valence-corrected chi connectivity index (χ3v) is 9.19. The van der Waals surface area contributed by atoms with Crippen LogP contribution in [0.5, 0.6) is 5.75 Å². The molecule has 3 aliphatic carbocycles. The van der Waals surface area contributed by atoms with Crippen molar-refractivity contribution in [1.29, 1.82) is 0 Å². The zero-order chi connectivity index (χ0) is 33.5. The number of fused-ring (bicyclic) bond motifs is 3. The predicted molar refractivity (Wildman–Crippen MR) is 158 cm³/mol. The lowest BCUT2D eigenvalue weighted by molar-refractivity contribution is -0.757. The van der Waals surface area contributed by atoms with E-state index in [1.165, 1.54) is 25.1 Å². The van der Waals surface area contributed by atoms with Crippen LogP contribution in [-0.2, 0) is 19.2 Å². The van der Waals surface area contributed by atoms with E-state index in [4.69, 9.17) is 0 Å². The third-order valence-electron chi connectivity index (χ3n) is 9.19. The van der Waals surface area contributed by atoms with Crippen LogP contribution < -0.4 is 5.32 Å². The summed E-state index contributed by atoms with van der Waals surface area (Å²) in [6.45, 7) is 5.39. The van der Waals surface area contributed by atoms with Gasteiger partial charge < -0.3 is 35.7 Å². The molecule has 45 heavy (non-hydrogen) atoms. The molecule has 1 amide bonds. The summed E-state index contributed by atoms with van der Waals surface area (Å²) in [6.07, 6.45) is -1.57. The van der Waals surface area contributed by atoms with Crippen LogP contribution in [-0.4, -0.2) is 116 Å². The number of ketones is 2. The molecule has 4 rings (SSSR count). The molecule has 1 saturated carbocycles. The van der Waals surface area contributed by atoms with Gasteiger partial charge in [-0.2, -0.15) is 0 Å². The van der Waals surface area contributed by atoms with Gasteiger partial charge in [-0.1, -0.05) is 32.9 Å². The normalized spacial score (nSPS) is 28.5. The first-order chi connectivity index (χ1) is 21.1. The zero-order valence-electron chi connectivity index (χ0n) is 25.8. The topological polar surface area (TPSA) is 223 Å². The van der Waals surface area contributed by atoms with Crippen molar-refractivity contribution < 1.29 is 49.8 Å². The van der Waals surface area contributed by atoms with E-state index >= 15 is 0 Å². The maximum Gasteiger partial charge on any atom is 0.294 e. The van der Waals surface area contributed by atoms with E-state index in [0.29, 0.717) is 18.5 Å². The largest absolute Gasteiger partial charge is 0.508 e. The quantitative estimate of drug-likeness (QED) is 0.0860. The average molecular weight is 633 g/mol. The van der Waals surface area contributed by atoms with Crippen molar-refractivity contribution in [3.63, 3.8) is 0 Å². The molecular weight excluding hydrogens is 592 g/mol. The Bertz CT molecular complexity index is 1460. The first-order valence-corrected chi connectivity index (χ1v) is 14.8. The summed E-state index contributed by atoms with van der Waals surface area (Å²) in [6, 6.07) is 3.02. The maximum absolute atomic E-state index is 14.2. The number of aromatic hydroxyl groups is 1. The fourth-order valence-electron chi connectivity index (χ4n) is 7.18. The fraction of sp³-hybridized carbons (Fsp3) is 0.567. The number of phenols is 1. The minimum absolute atomic E-state index is 0.0465. The first-order valence-electron chi connectivity index (χ1n) is 14.8. The van der Waals surface area contributed by atoms with Crippen LogP contribution in [0, 0.1) is 22.0 Å². The van der Waals surface area contributed by atoms with E-state index in [1.54, 1.807) is 30.9 Å². The predicted octanol–water partition coefficient (Wildman–Crippen LogP) is 0.783. The highest BCUT2D eigenvalue weighted by Gasteiger charge is 2.68. The summed E-state index contributed by atoms with van der Waals surface area (Å²) < 4.78 is 0. The van der Waals surface area contributed by atoms with Gasteiger partial charge in [0.05, 0.1) is 29.8 Å². The Morgan fingerprint density at radius 3 is 2.42 bits per heavy atom. The number of aliphatic hydroxyl groups is 4. The Balaban J connectivity index is 1.83. The minimum atomic E-state index is -3.00. The van der Waals surface area contributed by atoms with Gasteiger partial charge in [0.15, 0.2) is 11.4 Å². The molecule has 0 spiro atoms. The summed E-state index contributed by atoms with van der Waals surface area (Å²) in [7, 11) is 2.93. The van der Waals surface area contributed by atoms with Crippen LogP contribution in [0.3, 0.4) is 0 Å². The zero-order valence-corrected chi connectivity index (χ0v) is 25.8. The van der Waals surface area contributed by atoms with Gasteiger partial charge in [0.25, 0.3) is 11.0 Å². The molecule has 15 nitrogen and oxygen atoms in total. The molecule has 3 aliphatic rings. The van der Waals surface area contributed by atoms with Gasteiger partial charge in [-0.05, 0) is 51.0 Å². The number of hydrogen-bond acceptors (Lipinski definition) is 13. The minimum Gasteiger partial charge on any atom is -0.508 e. The van der Waals surface area contributed by atoms with Crippen molar-refractivity contribution in [2.45, 2.75) is 63.4 Å². The number of nitrogens with zero attached hydrogens (tertiary/aromatic N) is 3. The number of carbonyl (C=O) groups excluding carboxylic acids is 3. The number of rotatable bonds is 11. The number of hydrogen-bond donors (Lipinski definition) is 6. The Morgan fingerprint density at radius 2 is 1.84 bits per heavy atom. The van der Waals surface area contributed by atoms with Gasteiger partial charge in [-0.25, -0.2) is 0 Å². The van der Waals surface area contributed by atoms with Crippen molar-refractivity contribution in [1.82, 2.24) is 15.1 Å². The van der Waals surface area contributed by atoms with Crippen LogP contribution >= 0.6 is 0 Å². The van der Waals surface area contributed by atoms with Crippen LogP contribution in [0.2, 0.25) is 0 Å². The summed E-state index contributed by atoms with van der Waals surface area (Å²) in [5, 5.41) is 69.5. The molecule has 0 radical (unpaired) electrons. The molecule has 1 fully saturated rings. The SMILES string of the molecule is CCCN(CCO[N+](=O)[O-])C(CC)NC(=O)C1=C(O)[C@@]2(O)C(=O)C3=C(O)c4c(O)cccc4[C@H](C)[C@H]3[C@H](O)[C@H]2[C@H](N(C)C)C1=O. The van der Waals surface area contributed by atoms with E-state index < -0.39 is 86.9 Å². The van der Waals surface area contributed by atoms with E-state index in [0.717, 1.165) is 0 Å². The van der Waals surface area contributed by atoms with Gasteiger partial charge in [0.1, 0.15) is 29.4 Å². The van der Waals surface area contributed by atoms with Crippen molar-refractivity contribution in [2.24, 2.45) is 11.8 Å². The molecule has 0 saturated heterocycles. The van der Waals surface area contributed by atoms with Gasteiger partial charge in [0.2, 0.25) is 5.78 Å². The third kappa shape index (κ3) is 5.43. The summed E-state index contributed by atoms with van der Waals surface area (Å²) >= 11 is 0. The number of phenolic OH excluding ortho intramolecular Hbond substituents is 1. The molecule has 6 N–H and O–H groups in total. The van der Waals surface area contributed by atoms with Crippen molar-refractivity contribution in [3.05, 3.63) is 56.3 Å². The fourth-order valence-corrected chi connectivity index (χ4v) is 7.18. The lowest BCUT2D eigenvalue weighted by Gasteiger charge is -2.53. The molecule has 1 aromatic carbocycles. The van der Waals surface area contributed by atoms with E-state index in [9.17, 15) is 50.0 Å². The van der Waals surface area contributed by atoms with Gasteiger partial charge in [-0.3, -0.25) is 24.2 Å². The van der Waals surface area contributed by atoms with E-state index in [2.05, 4.69) is 10.2 Å². The lowest BCUT2D eigenvalue weighted by Crippen LogP contribution is -2.70. The Labute approximate surface area is 259 Å². The standard InChI is InChI=1S/C30H40N4O11/c1-6-11-33(12-13-45-34(43)44)17(7-2)31-29(41)21-26(38)23(32(4)5)22-25(37)18-14(3)15-9-8-10-16(35)19(15)24(36)20(18)27(39)30(22,42)28(21)40/h8-10,14,17-18,22-23,25,35-37,40,42H,6-7,11-13H2,1-5H3,(H,31,41)/t14-,17?,18+,22+,23-,25-,30-/m0/s1. The second kappa shape index (κ2) is 12.7. The second-order valence-corrected chi connectivity index (χ2v) is 11.9. The second-order valence-electron chi connectivity index (χ2n) is 11.9. The van der Waals surface area contributed by atoms with Crippen molar-refractivity contribution in [3.8, 4) is 5.75 Å². The van der Waals surface area contributed by atoms with Crippen LogP contribution in [0.4, 0.5) is 0 Å². The average Bonchev–Trinajstić information content (AvgIpc) is 2.97. The molecule has 0 aromatic heterocycles. The molecule has 7 atom stereocenters. The number of Topliss-reactive ketones (excluding diaryl/α,β-unsaturated/α-hetero) is 2. The number of amides is 1. The number of carbonyl (C=O) groups is 3. The van der Waals surface area contributed by atoms with Crippen molar-refractivity contribution in [2.75, 3.05) is 33.8 Å². The molecule has 1 unspecified atom stereocenters. The van der Waals surface area contributed by atoms with Crippen molar-refractivity contribution >= 4 is 23.2 Å². The van der Waals surface area contributed by atoms with Gasteiger partial charge in [-0.15, -0.1) is 10.1 Å². The van der Waals surface area contributed by atoms with Gasteiger partial charge >= 0.3 is 0 Å². The Kier molecular flexibility index (Phi) is 9.59. The lowest BCUT2D eigenvalue weighted by atomic mass is 9.54. The highest BCUT2D eigenvalue weighted by atomic mass is 16.9. The number of nitrogens with one attached hydrogen (secondary N) is 1. The molecule has 0 heterocycles. The molecule has 246 valence electrons. The Morgan fingerprint density at radius 1 is 1.18 bits per heavy atom. The van der Waals surface area contributed by atoms with Crippen LogP contribution in [0.1, 0.15) is 50.7 Å². The highest BCUT2D eigenvalue weighted by molar-refractivity contribution is 6.25. The number of likely N-dealkylation sites (N-methyl/N-ethyl adjacent to an activating group) is 1. The van der Waals surface area contributed by atoms with Crippen LogP contribution in [0.25, 0.3) is 5.76 Å². The van der Waals surface area contributed by atoms with Crippen LogP contribution in [0.15, 0.2) is 35.1 Å². The monoisotopic (exact) mass is 632 g/mol. The molecular formula is C30H40N4O11. The molecule has 0 bridgehead atoms. The summed E-state index contributed by atoms with van der Waals surface area (Å²) in [4.78, 5) is 60.0. The molecule has 1 aromatic rings. The first kappa shape index (κ1) is 33.8. The smallest absolute Gasteiger partial charge is 0.294 e. The molecule has 15 heteroatoms. The maximum atomic E-state index is 14.2. The van der Waals surface area contributed by atoms with E-state index in [-0.39, 0.29) is 30.9 Å². The summed E-state index contributed by atoms with van der Waals surface area (Å²) in [5.41, 5.74) is -3.95.